The Bertz CT molecular complexity index is 996. The summed E-state index contributed by atoms with van der Waals surface area (Å²) in [6.07, 6.45) is 3.46. The van der Waals surface area contributed by atoms with E-state index in [1.165, 1.54) is 18.0 Å². The Kier molecular flexibility index (Phi) is 3.95. The molecule has 3 nitrogen and oxygen atoms in total. The first kappa shape index (κ1) is 15.2. The number of anilines is 1. The molecule has 0 saturated heterocycles. The van der Waals surface area contributed by atoms with Crippen LogP contribution >= 0.6 is 23.3 Å². The van der Waals surface area contributed by atoms with Crippen molar-refractivity contribution in [3.8, 4) is 10.6 Å². The van der Waals surface area contributed by atoms with Crippen LogP contribution in [0.3, 0.4) is 0 Å². The van der Waals surface area contributed by atoms with Gasteiger partial charge in [0.1, 0.15) is 0 Å². The highest BCUT2D eigenvalue weighted by Crippen LogP contribution is 2.35. The van der Waals surface area contributed by atoms with Crippen LogP contribution in [0, 0.1) is 11.6 Å². The lowest BCUT2D eigenvalue weighted by Crippen LogP contribution is -1.86. The predicted molar refractivity (Wildman–Crippen MR) is 95.2 cm³/mol. The van der Waals surface area contributed by atoms with Crippen LogP contribution in [0.4, 0.5) is 14.5 Å². The summed E-state index contributed by atoms with van der Waals surface area (Å²) in [6, 6.07) is 12.2. The van der Waals surface area contributed by atoms with Crippen molar-refractivity contribution in [3.63, 3.8) is 0 Å². The van der Waals surface area contributed by atoms with Gasteiger partial charge in [0.2, 0.25) is 0 Å². The minimum Gasteiger partial charge on any atom is -0.359 e. The maximum absolute atomic E-state index is 13.4. The van der Waals surface area contributed by atoms with E-state index < -0.39 is 11.6 Å². The molecule has 3 heterocycles. The Labute approximate surface area is 144 Å². The van der Waals surface area contributed by atoms with Gasteiger partial charge in [0, 0.05) is 23.8 Å². The number of aromatic amines is 1. The molecule has 120 valence electrons. The average Bonchev–Trinajstić information content (AvgIpc) is 3.22. The third-order valence-corrected chi connectivity index (χ3v) is 5.54. The van der Waals surface area contributed by atoms with Crippen molar-refractivity contribution >= 4 is 39.9 Å². The lowest BCUT2D eigenvalue weighted by molar-refractivity contribution is 0.511. The van der Waals surface area contributed by atoms with Gasteiger partial charge in [0.15, 0.2) is 11.6 Å². The molecule has 0 fully saturated rings. The molecular weight excluding hydrogens is 348 g/mol. The van der Waals surface area contributed by atoms with E-state index in [1.54, 1.807) is 23.7 Å². The highest BCUT2D eigenvalue weighted by atomic mass is 32.2. The highest BCUT2D eigenvalue weighted by Gasteiger charge is 2.10. The van der Waals surface area contributed by atoms with Gasteiger partial charge < -0.3 is 9.71 Å². The number of hydrogen-bond acceptors (Lipinski definition) is 4. The summed E-state index contributed by atoms with van der Waals surface area (Å²) in [4.78, 5) is 8.34. The number of aromatic nitrogens is 2. The summed E-state index contributed by atoms with van der Waals surface area (Å²) in [5.41, 5.74) is 2.19. The summed E-state index contributed by atoms with van der Waals surface area (Å²) in [6.45, 7) is 0. The molecule has 1 aromatic carbocycles. The van der Waals surface area contributed by atoms with Crippen molar-refractivity contribution in [2.75, 3.05) is 4.72 Å². The van der Waals surface area contributed by atoms with Crippen LogP contribution in [0.1, 0.15) is 0 Å². The standard InChI is InChI=1S/C17H11F2N3S2/c18-11-7-10-14(8-12(11)19)21-9-15(10)22-24-17-5-4-16(23-17)13-3-1-2-6-20-13/h1-9,21-22H. The second-order valence-electron chi connectivity index (χ2n) is 5.05. The van der Waals surface area contributed by atoms with E-state index in [0.717, 1.165) is 20.8 Å². The first-order valence-electron chi connectivity index (χ1n) is 7.11. The monoisotopic (exact) mass is 359 g/mol. The van der Waals surface area contributed by atoms with E-state index >= 15 is 0 Å². The van der Waals surface area contributed by atoms with Crippen LogP contribution in [0.25, 0.3) is 21.5 Å². The van der Waals surface area contributed by atoms with E-state index in [1.807, 2.05) is 30.3 Å². The number of thiophene rings is 1. The van der Waals surface area contributed by atoms with Crippen molar-refractivity contribution in [2.24, 2.45) is 0 Å². The fourth-order valence-electron chi connectivity index (χ4n) is 2.33. The summed E-state index contributed by atoms with van der Waals surface area (Å²) in [7, 11) is 0. The number of halogens is 2. The van der Waals surface area contributed by atoms with Crippen LogP contribution in [0.5, 0.6) is 0 Å². The lowest BCUT2D eigenvalue weighted by atomic mass is 10.2. The van der Waals surface area contributed by atoms with Crippen LogP contribution in [-0.4, -0.2) is 9.97 Å². The van der Waals surface area contributed by atoms with Crippen molar-refractivity contribution in [3.05, 3.63) is 66.5 Å². The minimum atomic E-state index is -0.859. The number of H-pyrrole nitrogens is 1. The van der Waals surface area contributed by atoms with E-state index in [2.05, 4.69) is 14.7 Å². The number of pyridine rings is 1. The largest absolute Gasteiger partial charge is 0.359 e. The van der Waals surface area contributed by atoms with Crippen LogP contribution in [-0.2, 0) is 0 Å². The smallest absolute Gasteiger partial charge is 0.160 e. The molecule has 0 spiro atoms. The third kappa shape index (κ3) is 2.88. The van der Waals surface area contributed by atoms with Gasteiger partial charge in [-0.3, -0.25) is 4.98 Å². The molecule has 4 rings (SSSR count). The van der Waals surface area contributed by atoms with Crippen molar-refractivity contribution in [2.45, 2.75) is 4.21 Å². The molecular formula is C17H11F2N3S2. The molecule has 24 heavy (non-hydrogen) atoms. The summed E-state index contributed by atoms with van der Waals surface area (Å²) >= 11 is 3.04. The zero-order valence-corrected chi connectivity index (χ0v) is 13.8. The van der Waals surface area contributed by atoms with Gasteiger partial charge in [-0.1, -0.05) is 6.07 Å². The number of nitrogens with zero attached hydrogens (tertiary/aromatic N) is 1. The third-order valence-electron chi connectivity index (χ3n) is 3.48. The predicted octanol–water partition coefficient (Wildman–Crippen LogP) is 5.69. The maximum Gasteiger partial charge on any atom is 0.160 e. The Morgan fingerprint density at radius 3 is 2.79 bits per heavy atom. The molecule has 0 unspecified atom stereocenters. The topological polar surface area (TPSA) is 40.7 Å². The van der Waals surface area contributed by atoms with E-state index in [9.17, 15) is 8.78 Å². The molecule has 0 aliphatic rings. The van der Waals surface area contributed by atoms with Gasteiger partial charge in [0.25, 0.3) is 0 Å². The first-order valence-corrected chi connectivity index (χ1v) is 8.74. The molecule has 0 saturated carbocycles. The number of benzene rings is 1. The van der Waals surface area contributed by atoms with Crippen LogP contribution < -0.4 is 4.72 Å². The van der Waals surface area contributed by atoms with Gasteiger partial charge in [-0.2, -0.15) is 0 Å². The van der Waals surface area contributed by atoms with Gasteiger partial charge >= 0.3 is 0 Å². The summed E-state index contributed by atoms with van der Waals surface area (Å²) < 4.78 is 30.9. The number of rotatable bonds is 4. The number of hydrogen-bond donors (Lipinski definition) is 2. The molecule has 0 aliphatic carbocycles. The average molecular weight is 359 g/mol. The van der Waals surface area contributed by atoms with Gasteiger partial charge in [-0.15, -0.1) is 11.3 Å². The van der Waals surface area contributed by atoms with Crippen molar-refractivity contribution in [1.29, 1.82) is 0 Å². The number of nitrogens with one attached hydrogen (secondary N) is 2. The van der Waals surface area contributed by atoms with E-state index in [-0.39, 0.29) is 0 Å². The Morgan fingerprint density at radius 2 is 1.96 bits per heavy atom. The molecule has 3 aromatic heterocycles. The zero-order chi connectivity index (χ0) is 16.5. The minimum absolute atomic E-state index is 0.553. The van der Waals surface area contributed by atoms with E-state index in [0.29, 0.717) is 16.6 Å². The Balaban J connectivity index is 1.53. The molecule has 0 aliphatic heterocycles. The molecule has 0 amide bonds. The molecule has 7 heteroatoms. The maximum atomic E-state index is 13.4. The summed E-state index contributed by atoms with van der Waals surface area (Å²) in [5.74, 6) is -1.72. The molecule has 4 aromatic rings. The quantitative estimate of drug-likeness (QED) is 0.460. The highest BCUT2D eigenvalue weighted by molar-refractivity contribution is 8.02. The Hall–Kier alpha value is -2.38. The number of fused-ring (bicyclic) bond motifs is 1. The SMILES string of the molecule is Fc1cc2[nH]cc(NSc3ccc(-c4ccccn4)s3)c2cc1F. The van der Waals surface area contributed by atoms with Gasteiger partial charge in [0.05, 0.1) is 26.0 Å². The second kappa shape index (κ2) is 6.26. The van der Waals surface area contributed by atoms with Crippen molar-refractivity contribution in [1.82, 2.24) is 9.97 Å². The lowest BCUT2D eigenvalue weighted by Gasteiger charge is -2.02. The fourth-order valence-corrected chi connectivity index (χ4v) is 4.12. The van der Waals surface area contributed by atoms with Crippen molar-refractivity contribution < 1.29 is 8.78 Å². The van der Waals surface area contributed by atoms with Crippen LogP contribution in [0.2, 0.25) is 0 Å². The molecule has 2 N–H and O–H groups in total. The fraction of sp³-hybridized carbons (Fsp3) is 0. The summed E-state index contributed by atoms with van der Waals surface area (Å²) in [5, 5.41) is 0.614. The van der Waals surface area contributed by atoms with Gasteiger partial charge in [-0.25, -0.2) is 8.78 Å². The van der Waals surface area contributed by atoms with E-state index in [4.69, 9.17) is 0 Å². The van der Waals surface area contributed by atoms with Gasteiger partial charge in [-0.05, 0) is 42.3 Å². The van der Waals surface area contributed by atoms with Crippen LogP contribution in [0.15, 0.2) is 59.1 Å². The molecule has 0 atom stereocenters. The second-order valence-corrected chi connectivity index (χ2v) is 7.24. The Morgan fingerprint density at radius 1 is 1.08 bits per heavy atom. The normalized spacial score (nSPS) is 11.1. The molecule has 0 radical (unpaired) electrons. The first-order chi connectivity index (χ1) is 11.7. The zero-order valence-electron chi connectivity index (χ0n) is 12.2. The molecule has 0 bridgehead atoms.